The Morgan fingerprint density at radius 2 is 2.00 bits per heavy atom. The van der Waals surface area contributed by atoms with E-state index in [2.05, 4.69) is 5.10 Å². The lowest BCUT2D eigenvalue weighted by Gasteiger charge is -2.06. The van der Waals surface area contributed by atoms with Gasteiger partial charge >= 0.3 is 0 Å². The second-order valence-corrected chi connectivity index (χ2v) is 4.11. The van der Waals surface area contributed by atoms with Crippen LogP contribution in [0.2, 0.25) is 0 Å². The lowest BCUT2D eigenvalue weighted by Crippen LogP contribution is -2.23. The van der Waals surface area contributed by atoms with Crippen LogP contribution in [-0.2, 0) is 12.9 Å². The summed E-state index contributed by atoms with van der Waals surface area (Å²) < 4.78 is 6.40. The molecule has 1 aromatic carbocycles. The van der Waals surface area contributed by atoms with Crippen molar-refractivity contribution >= 4 is 11.6 Å². The molecule has 1 aromatic heterocycles. The van der Waals surface area contributed by atoms with Crippen LogP contribution in [0, 0.1) is 0 Å². The molecule has 0 unspecified atom stereocenters. The molecule has 0 radical (unpaired) electrons. The fourth-order valence-corrected chi connectivity index (χ4v) is 1.86. The summed E-state index contributed by atoms with van der Waals surface area (Å²) in [5, 5.41) is 4.21. The van der Waals surface area contributed by atoms with Gasteiger partial charge in [-0.25, -0.2) is 4.68 Å². The minimum Gasteiger partial charge on any atom is -0.497 e. The zero-order valence-electron chi connectivity index (χ0n) is 10.2. The predicted molar refractivity (Wildman–Crippen MR) is 71.0 cm³/mol. The summed E-state index contributed by atoms with van der Waals surface area (Å²) in [6.45, 7) is 0. The summed E-state index contributed by atoms with van der Waals surface area (Å²) >= 11 is 5.75. The molecular formula is C13H13ClN2O2. The Kier molecular flexibility index (Phi) is 3.67. The van der Waals surface area contributed by atoms with Crippen LogP contribution >= 0.6 is 11.6 Å². The minimum atomic E-state index is -0.165. The van der Waals surface area contributed by atoms with Crippen molar-refractivity contribution in [2.75, 3.05) is 7.11 Å². The average molecular weight is 265 g/mol. The van der Waals surface area contributed by atoms with Crippen molar-refractivity contribution in [2.45, 2.75) is 5.88 Å². The summed E-state index contributed by atoms with van der Waals surface area (Å²) in [6, 6.07) is 9.20. The lowest BCUT2D eigenvalue weighted by molar-refractivity contribution is 0.415. The van der Waals surface area contributed by atoms with Gasteiger partial charge in [-0.1, -0.05) is 0 Å². The highest BCUT2D eigenvalue weighted by Gasteiger charge is 2.07. The molecule has 2 rings (SSSR count). The lowest BCUT2D eigenvalue weighted by atomic mass is 10.1. The van der Waals surface area contributed by atoms with Crippen molar-refractivity contribution in [2.24, 2.45) is 7.05 Å². The van der Waals surface area contributed by atoms with Crippen LogP contribution in [0.3, 0.4) is 0 Å². The van der Waals surface area contributed by atoms with Crippen LogP contribution in [-0.4, -0.2) is 16.9 Å². The molecule has 2 aromatic rings. The van der Waals surface area contributed by atoms with Crippen molar-refractivity contribution in [1.29, 1.82) is 0 Å². The number of hydrogen-bond acceptors (Lipinski definition) is 3. The van der Waals surface area contributed by atoms with Gasteiger partial charge in [0.2, 0.25) is 0 Å². The second-order valence-electron chi connectivity index (χ2n) is 3.85. The van der Waals surface area contributed by atoms with Crippen molar-refractivity contribution in [3.05, 3.63) is 46.2 Å². The van der Waals surface area contributed by atoms with E-state index < -0.39 is 0 Å². The third-order valence-corrected chi connectivity index (χ3v) is 2.95. The molecule has 0 N–H and O–H groups in total. The number of benzene rings is 1. The standard InChI is InChI=1S/C13H13ClN2O2/c1-16-13(17)10(8-14)7-12(15-16)9-3-5-11(18-2)6-4-9/h3-7H,8H2,1-2H3. The van der Waals surface area contributed by atoms with Gasteiger partial charge in [0, 0.05) is 18.2 Å². The number of aryl methyl sites for hydroxylation is 1. The Bertz CT molecular complexity index is 605. The van der Waals surface area contributed by atoms with Crippen LogP contribution < -0.4 is 10.3 Å². The molecule has 0 atom stereocenters. The number of hydrogen-bond donors (Lipinski definition) is 0. The fourth-order valence-electron chi connectivity index (χ4n) is 1.67. The van der Waals surface area contributed by atoms with Crippen LogP contribution in [0.5, 0.6) is 5.75 Å². The molecule has 94 valence electrons. The molecule has 5 heteroatoms. The van der Waals surface area contributed by atoms with E-state index in [9.17, 15) is 4.79 Å². The van der Waals surface area contributed by atoms with Gasteiger partial charge in [-0.3, -0.25) is 4.79 Å². The van der Waals surface area contributed by atoms with E-state index in [0.717, 1.165) is 17.0 Å². The SMILES string of the molecule is COc1ccc(-c2cc(CCl)c(=O)n(C)n2)cc1. The summed E-state index contributed by atoms with van der Waals surface area (Å²) in [5.41, 5.74) is 2.01. The maximum absolute atomic E-state index is 11.7. The largest absolute Gasteiger partial charge is 0.497 e. The average Bonchev–Trinajstić information content (AvgIpc) is 2.42. The molecule has 1 heterocycles. The van der Waals surface area contributed by atoms with E-state index in [1.165, 1.54) is 4.68 Å². The smallest absolute Gasteiger partial charge is 0.270 e. The molecule has 0 spiro atoms. The van der Waals surface area contributed by atoms with Crippen LogP contribution in [0.25, 0.3) is 11.3 Å². The quantitative estimate of drug-likeness (QED) is 0.799. The Balaban J connectivity index is 2.50. The first-order chi connectivity index (χ1) is 8.65. The Morgan fingerprint density at radius 1 is 1.33 bits per heavy atom. The van der Waals surface area contributed by atoms with E-state index >= 15 is 0 Å². The van der Waals surface area contributed by atoms with Gasteiger partial charge in [0.05, 0.1) is 18.7 Å². The van der Waals surface area contributed by atoms with Crippen molar-refractivity contribution in [3.63, 3.8) is 0 Å². The van der Waals surface area contributed by atoms with Crippen LogP contribution in [0.15, 0.2) is 35.1 Å². The van der Waals surface area contributed by atoms with Gasteiger partial charge in [0.15, 0.2) is 0 Å². The molecule has 18 heavy (non-hydrogen) atoms. The zero-order chi connectivity index (χ0) is 13.1. The number of rotatable bonds is 3. The van der Waals surface area contributed by atoms with Gasteiger partial charge in [0.25, 0.3) is 5.56 Å². The van der Waals surface area contributed by atoms with E-state index in [4.69, 9.17) is 16.3 Å². The maximum atomic E-state index is 11.7. The first-order valence-corrected chi connectivity index (χ1v) is 5.96. The van der Waals surface area contributed by atoms with E-state index in [0.29, 0.717) is 5.56 Å². The monoisotopic (exact) mass is 264 g/mol. The Labute approximate surface area is 110 Å². The Morgan fingerprint density at radius 3 is 2.56 bits per heavy atom. The van der Waals surface area contributed by atoms with Gasteiger partial charge < -0.3 is 4.74 Å². The summed E-state index contributed by atoms with van der Waals surface area (Å²) in [5.74, 6) is 0.958. The highest BCUT2D eigenvalue weighted by molar-refractivity contribution is 6.17. The molecule has 0 aliphatic heterocycles. The summed E-state index contributed by atoms with van der Waals surface area (Å²) in [6.07, 6.45) is 0. The number of nitrogens with zero attached hydrogens (tertiary/aromatic N) is 2. The second kappa shape index (κ2) is 5.23. The van der Waals surface area contributed by atoms with E-state index in [-0.39, 0.29) is 11.4 Å². The van der Waals surface area contributed by atoms with E-state index in [1.807, 2.05) is 24.3 Å². The third kappa shape index (κ3) is 2.38. The highest BCUT2D eigenvalue weighted by atomic mass is 35.5. The molecule has 0 aliphatic rings. The van der Waals surface area contributed by atoms with Gasteiger partial charge in [-0.2, -0.15) is 5.10 Å². The number of halogens is 1. The number of aromatic nitrogens is 2. The predicted octanol–water partition coefficient (Wildman–Crippen LogP) is 2.19. The first kappa shape index (κ1) is 12.6. The van der Waals surface area contributed by atoms with Crippen molar-refractivity contribution < 1.29 is 4.74 Å². The molecule has 0 bridgehead atoms. The number of methoxy groups -OCH3 is 1. The summed E-state index contributed by atoms with van der Waals surface area (Å²) in [7, 11) is 3.23. The van der Waals surface area contributed by atoms with Gasteiger partial charge in [-0.15, -0.1) is 11.6 Å². The van der Waals surface area contributed by atoms with Crippen LogP contribution in [0.1, 0.15) is 5.56 Å². The zero-order valence-corrected chi connectivity index (χ0v) is 10.9. The molecular weight excluding hydrogens is 252 g/mol. The van der Waals surface area contributed by atoms with Gasteiger partial charge in [-0.05, 0) is 30.3 Å². The maximum Gasteiger partial charge on any atom is 0.270 e. The van der Waals surface area contributed by atoms with Crippen molar-refractivity contribution in [1.82, 2.24) is 9.78 Å². The molecule has 0 saturated carbocycles. The first-order valence-electron chi connectivity index (χ1n) is 5.43. The van der Waals surface area contributed by atoms with Gasteiger partial charge in [0.1, 0.15) is 5.75 Å². The molecule has 4 nitrogen and oxygen atoms in total. The molecule has 0 fully saturated rings. The topological polar surface area (TPSA) is 44.1 Å². The van der Waals surface area contributed by atoms with Crippen molar-refractivity contribution in [3.8, 4) is 17.0 Å². The third-order valence-electron chi connectivity index (χ3n) is 2.67. The normalized spacial score (nSPS) is 10.4. The van der Waals surface area contributed by atoms with E-state index in [1.54, 1.807) is 20.2 Å². The number of ether oxygens (including phenoxy) is 1. The molecule has 0 amide bonds. The van der Waals surface area contributed by atoms with Crippen LogP contribution in [0.4, 0.5) is 0 Å². The molecule has 0 aliphatic carbocycles. The highest BCUT2D eigenvalue weighted by Crippen LogP contribution is 2.20. The minimum absolute atomic E-state index is 0.165. The number of alkyl halides is 1. The summed E-state index contributed by atoms with van der Waals surface area (Å²) in [4.78, 5) is 11.7. The Hall–Kier alpha value is -1.81. The fraction of sp³-hybridized carbons (Fsp3) is 0.231. The molecule has 0 saturated heterocycles.